The van der Waals surface area contributed by atoms with Crippen molar-refractivity contribution in [3.63, 3.8) is 0 Å². The van der Waals surface area contributed by atoms with E-state index in [2.05, 4.69) is 41.9 Å². The minimum Gasteiger partial charge on any atom is -0.497 e. The first-order valence-corrected chi connectivity index (χ1v) is 16.8. The van der Waals surface area contributed by atoms with Gasteiger partial charge < -0.3 is 14.4 Å². The van der Waals surface area contributed by atoms with Gasteiger partial charge >= 0.3 is 5.97 Å². The smallest absolute Gasteiger partial charge is 0.335 e. The molecule has 0 spiro atoms. The van der Waals surface area contributed by atoms with E-state index in [9.17, 15) is 4.79 Å². The molecule has 6 nitrogen and oxygen atoms in total. The van der Waals surface area contributed by atoms with Gasteiger partial charge in [-0.2, -0.15) is 4.98 Å². The van der Waals surface area contributed by atoms with Crippen molar-refractivity contribution in [1.29, 1.82) is 0 Å². The molecule has 36 heavy (non-hydrogen) atoms. The van der Waals surface area contributed by atoms with Gasteiger partial charge in [-0.3, -0.25) is 0 Å². The molecule has 1 heterocycles. The number of ether oxygens (including phenoxy) is 1. The van der Waals surface area contributed by atoms with Gasteiger partial charge in [0.25, 0.3) is 5.89 Å². The summed E-state index contributed by atoms with van der Waals surface area (Å²) in [6.45, 7) is 7.03. The van der Waals surface area contributed by atoms with Crippen molar-refractivity contribution in [3.05, 3.63) is 53.6 Å². The van der Waals surface area contributed by atoms with Crippen molar-refractivity contribution in [2.75, 3.05) is 6.23 Å². The molecule has 1 N–H and O–H groups in total. The molecular weight excluding hydrogens is 468 g/mol. The fraction of sp³-hybridized carbons (Fsp3) is 0.483. The first-order chi connectivity index (χ1) is 17.2. The molecule has 4 aliphatic carbocycles. The third-order valence-corrected chi connectivity index (χ3v) is 9.32. The van der Waals surface area contributed by atoms with Crippen molar-refractivity contribution in [2.45, 2.75) is 63.6 Å². The molecule has 0 radical (unpaired) electrons. The van der Waals surface area contributed by atoms with Gasteiger partial charge in [0.05, 0.1) is 19.9 Å². The molecule has 4 saturated carbocycles. The first kappa shape index (κ1) is 23.5. The topological polar surface area (TPSA) is 85.5 Å². The maximum Gasteiger partial charge on any atom is 0.335 e. The van der Waals surface area contributed by atoms with Crippen molar-refractivity contribution in [3.8, 4) is 28.6 Å². The summed E-state index contributed by atoms with van der Waals surface area (Å²) in [7, 11) is -1.37. The van der Waals surface area contributed by atoms with Gasteiger partial charge in [-0.15, -0.1) is 0 Å². The SMILES string of the molecule is C[Si](C)(C)COc1ccc(-c2noc(-c3ccc(C(=O)O)cc3)n2)cc1C12CC3CC(CC(C3)C1)C2. The summed E-state index contributed by atoms with van der Waals surface area (Å²) < 4.78 is 12.1. The molecule has 4 bridgehead atoms. The highest BCUT2D eigenvalue weighted by atomic mass is 28.3. The summed E-state index contributed by atoms with van der Waals surface area (Å²) in [6.07, 6.45) is 8.80. The summed E-state index contributed by atoms with van der Waals surface area (Å²) in [5.74, 6) is 3.55. The van der Waals surface area contributed by atoms with E-state index in [0.29, 0.717) is 17.3 Å². The number of aromatic carboxylic acids is 1. The standard InChI is InChI=1S/C29H34N2O4Si/c1-36(2,3)17-34-25-9-8-23(13-24(25)29-14-18-10-19(15-29)12-20(11-18)16-29)26-30-27(35-31-26)21-4-6-22(7-5-21)28(32)33/h4-9,13,18-20H,10-12,14-17H2,1-3H3,(H,32,33). The second kappa shape index (κ2) is 8.58. The van der Waals surface area contributed by atoms with Crippen LogP contribution in [0.3, 0.4) is 0 Å². The molecule has 0 unspecified atom stereocenters. The summed E-state index contributed by atoms with van der Waals surface area (Å²) >= 11 is 0. The van der Waals surface area contributed by atoms with Crippen LogP contribution in [0.2, 0.25) is 19.6 Å². The van der Waals surface area contributed by atoms with Crippen LogP contribution in [0.5, 0.6) is 5.75 Å². The maximum absolute atomic E-state index is 11.2. The van der Waals surface area contributed by atoms with Gasteiger partial charge in [0.15, 0.2) is 0 Å². The third-order valence-electron chi connectivity index (χ3n) is 8.31. The quantitative estimate of drug-likeness (QED) is 0.357. The minimum absolute atomic E-state index is 0.193. The van der Waals surface area contributed by atoms with E-state index in [0.717, 1.165) is 35.3 Å². The van der Waals surface area contributed by atoms with E-state index in [1.54, 1.807) is 24.3 Å². The molecule has 4 aliphatic rings. The van der Waals surface area contributed by atoms with Gasteiger partial charge in [-0.25, -0.2) is 4.79 Å². The lowest BCUT2D eigenvalue weighted by Crippen LogP contribution is -2.48. The number of carboxylic acids is 1. The number of rotatable bonds is 7. The van der Waals surface area contributed by atoms with Gasteiger partial charge in [0.2, 0.25) is 5.82 Å². The molecule has 4 fully saturated rings. The lowest BCUT2D eigenvalue weighted by Gasteiger charge is -2.57. The summed E-state index contributed by atoms with van der Waals surface area (Å²) in [4.78, 5) is 15.8. The predicted octanol–water partition coefficient (Wildman–Crippen LogP) is 6.83. The average molecular weight is 503 g/mol. The fourth-order valence-corrected chi connectivity index (χ4v) is 7.75. The predicted molar refractivity (Wildman–Crippen MR) is 141 cm³/mol. The molecular formula is C29H34N2O4Si. The molecule has 0 saturated heterocycles. The molecule has 7 heteroatoms. The van der Waals surface area contributed by atoms with Crippen LogP contribution in [0.1, 0.15) is 54.4 Å². The van der Waals surface area contributed by atoms with Crippen LogP contribution in [-0.4, -0.2) is 35.5 Å². The van der Waals surface area contributed by atoms with Gasteiger partial charge in [0.1, 0.15) is 5.75 Å². The average Bonchev–Trinajstić information content (AvgIpc) is 3.32. The number of nitrogens with zero attached hydrogens (tertiary/aromatic N) is 2. The maximum atomic E-state index is 11.2. The van der Waals surface area contributed by atoms with Crippen molar-refractivity contribution < 1.29 is 19.2 Å². The highest BCUT2D eigenvalue weighted by Crippen LogP contribution is 2.62. The Balaban J connectivity index is 1.36. The normalized spacial score (nSPS) is 26.8. The number of carboxylic acid groups (broad SMARTS) is 1. The van der Waals surface area contributed by atoms with Crippen LogP contribution in [0, 0.1) is 17.8 Å². The Kier molecular flexibility index (Phi) is 5.59. The molecule has 3 aromatic rings. The Labute approximate surface area is 213 Å². The minimum atomic E-state index is -1.37. The summed E-state index contributed by atoms with van der Waals surface area (Å²) in [5.41, 5.74) is 3.41. The van der Waals surface area contributed by atoms with Crippen molar-refractivity contribution >= 4 is 14.0 Å². The second-order valence-corrected chi connectivity index (χ2v) is 18.0. The lowest BCUT2D eigenvalue weighted by molar-refractivity contribution is -0.00622. The Morgan fingerprint density at radius 3 is 2.19 bits per heavy atom. The van der Waals surface area contributed by atoms with E-state index in [-0.39, 0.29) is 11.0 Å². The zero-order valence-electron chi connectivity index (χ0n) is 21.3. The number of hydrogen-bond acceptors (Lipinski definition) is 5. The van der Waals surface area contributed by atoms with Crippen LogP contribution >= 0.6 is 0 Å². The van der Waals surface area contributed by atoms with Crippen LogP contribution in [0.15, 0.2) is 47.0 Å². The zero-order chi connectivity index (χ0) is 25.1. The Morgan fingerprint density at radius 2 is 1.61 bits per heavy atom. The van der Waals surface area contributed by atoms with Gasteiger partial charge in [0, 0.05) is 16.7 Å². The molecule has 188 valence electrons. The molecule has 0 amide bonds. The highest BCUT2D eigenvalue weighted by Gasteiger charge is 2.52. The van der Waals surface area contributed by atoms with Crippen LogP contribution in [0.4, 0.5) is 0 Å². The van der Waals surface area contributed by atoms with E-state index in [1.807, 2.05) is 6.07 Å². The lowest BCUT2D eigenvalue weighted by atomic mass is 9.48. The van der Waals surface area contributed by atoms with E-state index < -0.39 is 14.0 Å². The van der Waals surface area contributed by atoms with E-state index in [1.165, 1.54) is 44.1 Å². The number of aromatic nitrogens is 2. The van der Waals surface area contributed by atoms with Crippen molar-refractivity contribution in [1.82, 2.24) is 10.1 Å². The van der Waals surface area contributed by atoms with Crippen LogP contribution < -0.4 is 4.74 Å². The van der Waals surface area contributed by atoms with Gasteiger partial charge in [-0.1, -0.05) is 24.8 Å². The third kappa shape index (κ3) is 4.38. The Bertz CT molecular complexity index is 1260. The number of benzene rings is 2. The summed E-state index contributed by atoms with van der Waals surface area (Å²) in [6, 6.07) is 13.0. The summed E-state index contributed by atoms with van der Waals surface area (Å²) in [5, 5.41) is 13.4. The Hall–Kier alpha value is -2.93. The van der Waals surface area contributed by atoms with E-state index in [4.69, 9.17) is 14.4 Å². The van der Waals surface area contributed by atoms with Gasteiger partial charge in [-0.05, 0) is 104 Å². The number of carbonyl (C=O) groups is 1. The molecule has 0 aliphatic heterocycles. The molecule has 1 aromatic heterocycles. The van der Waals surface area contributed by atoms with Crippen LogP contribution in [-0.2, 0) is 5.41 Å². The highest BCUT2D eigenvalue weighted by molar-refractivity contribution is 6.76. The molecule has 0 atom stereocenters. The number of hydrogen-bond donors (Lipinski definition) is 1. The zero-order valence-corrected chi connectivity index (χ0v) is 22.3. The van der Waals surface area contributed by atoms with Crippen molar-refractivity contribution in [2.24, 2.45) is 17.8 Å². The Morgan fingerprint density at radius 1 is 1.00 bits per heavy atom. The fourth-order valence-electron chi connectivity index (χ4n) is 7.16. The van der Waals surface area contributed by atoms with Crippen LogP contribution in [0.25, 0.3) is 22.8 Å². The second-order valence-electron chi connectivity index (χ2n) is 12.6. The molecule has 2 aromatic carbocycles. The first-order valence-electron chi connectivity index (χ1n) is 13.1. The van der Waals surface area contributed by atoms with E-state index >= 15 is 0 Å². The largest absolute Gasteiger partial charge is 0.497 e. The molecule has 7 rings (SSSR count). The monoisotopic (exact) mass is 502 g/mol.